The Bertz CT molecular complexity index is 5150. The van der Waals surface area contributed by atoms with Crippen LogP contribution in [-0.2, 0) is 44.8 Å². The van der Waals surface area contributed by atoms with E-state index in [1.807, 2.05) is 93.6 Å². The molecule has 504 valence electrons. The minimum Gasteiger partial charge on any atom is -0.497 e. The van der Waals surface area contributed by atoms with Crippen LogP contribution in [0.5, 0.6) is 51.7 Å². The van der Waals surface area contributed by atoms with E-state index in [2.05, 4.69) is 38.1 Å². The van der Waals surface area contributed by atoms with Gasteiger partial charge in [0.25, 0.3) is 0 Å². The van der Waals surface area contributed by atoms with Gasteiger partial charge in [-0.25, -0.2) is 33.7 Å². The number of hydrogen-bond acceptors (Lipinski definition) is 14. The van der Waals surface area contributed by atoms with Gasteiger partial charge in [-0.15, -0.1) is 0 Å². The van der Waals surface area contributed by atoms with Crippen LogP contribution in [0.1, 0.15) is 41.7 Å². The molecule has 0 atom stereocenters. The van der Waals surface area contributed by atoms with Gasteiger partial charge < -0.3 is 28.4 Å². The van der Waals surface area contributed by atoms with Crippen molar-refractivity contribution in [2.24, 2.45) is 0 Å². The van der Waals surface area contributed by atoms with Gasteiger partial charge in [0.15, 0.2) is 0 Å². The summed E-state index contributed by atoms with van der Waals surface area (Å²) in [6, 6.07) is 83.2. The zero-order valence-corrected chi connectivity index (χ0v) is 58.8. The van der Waals surface area contributed by atoms with Gasteiger partial charge in [-0.1, -0.05) is 115 Å². The molecule has 99 heavy (non-hydrogen) atoms. The van der Waals surface area contributed by atoms with Gasteiger partial charge in [0.05, 0.1) is 60.5 Å². The van der Waals surface area contributed by atoms with Crippen LogP contribution in [0.2, 0.25) is 0 Å². The molecule has 14 nitrogen and oxygen atoms in total. The van der Waals surface area contributed by atoms with E-state index in [0.29, 0.717) is 40.2 Å². The molecule has 0 heterocycles. The fourth-order valence-electron chi connectivity index (χ4n) is 10.2. The van der Waals surface area contributed by atoms with Crippen LogP contribution >= 0.6 is 0 Å². The highest BCUT2D eigenvalue weighted by Crippen LogP contribution is 2.36. The normalized spacial score (nSPS) is 11.6. The molecule has 0 aromatic heterocycles. The zero-order valence-electron chi connectivity index (χ0n) is 55.6. The first-order chi connectivity index (χ1) is 47.3. The lowest BCUT2D eigenvalue weighted by atomic mass is 9.78. The number of rotatable bonds is 20. The molecule has 0 aliphatic carbocycles. The van der Waals surface area contributed by atoms with Crippen molar-refractivity contribution >= 4 is 39.3 Å². The van der Waals surface area contributed by atoms with Crippen LogP contribution in [-0.4, -0.2) is 55.0 Å². The topological polar surface area (TPSA) is 192 Å². The molecule has 12 aromatic rings. The van der Waals surface area contributed by atoms with Crippen molar-refractivity contribution in [3.63, 3.8) is 0 Å². The van der Waals surface area contributed by atoms with Gasteiger partial charge in [-0.2, -0.15) is 0 Å². The number of benzene rings is 12. The number of aryl methyl sites for hydroxylation is 3. The highest BCUT2D eigenvalue weighted by Gasteiger charge is 2.25. The summed E-state index contributed by atoms with van der Waals surface area (Å²) < 4.78 is 136. The quantitative estimate of drug-likeness (QED) is 0.0700. The molecule has 0 saturated carbocycles. The van der Waals surface area contributed by atoms with Crippen LogP contribution in [0.4, 0.5) is 0 Å². The van der Waals surface area contributed by atoms with Gasteiger partial charge in [0, 0.05) is 5.41 Å². The largest absolute Gasteiger partial charge is 0.497 e. The van der Waals surface area contributed by atoms with Crippen LogP contribution in [0.25, 0.3) is 11.1 Å². The minimum absolute atomic E-state index is 0.129. The summed E-state index contributed by atoms with van der Waals surface area (Å²) in [6.45, 7) is 10.1. The maximum absolute atomic E-state index is 12.9. The third-order valence-corrected chi connectivity index (χ3v) is 23.4. The predicted molar refractivity (Wildman–Crippen MR) is 384 cm³/mol. The van der Waals surface area contributed by atoms with Crippen molar-refractivity contribution < 1.29 is 62.1 Å². The average molecular weight is 1400 g/mol. The van der Waals surface area contributed by atoms with Gasteiger partial charge in [-0.3, -0.25) is 0 Å². The predicted octanol–water partition coefficient (Wildman–Crippen LogP) is 18.7. The molecule has 0 aliphatic rings. The van der Waals surface area contributed by atoms with E-state index in [1.165, 1.54) is 49.1 Å². The molecule has 0 amide bonds. The van der Waals surface area contributed by atoms with Crippen molar-refractivity contribution in [1.29, 1.82) is 0 Å². The summed E-state index contributed by atoms with van der Waals surface area (Å²) in [5.41, 5.74) is 7.31. The first-order valence-corrected chi connectivity index (χ1v) is 37.1. The van der Waals surface area contributed by atoms with E-state index in [1.54, 1.807) is 172 Å². The zero-order chi connectivity index (χ0) is 70.5. The Morgan fingerprint density at radius 1 is 0.212 bits per heavy atom. The number of methoxy groups -OCH3 is 3. The van der Waals surface area contributed by atoms with Crippen molar-refractivity contribution in [1.82, 2.24) is 0 Å². The van der Waals surface area contributed by atoms with Gasteiger partial charge >= 0.3 is 0 Å². The maximum Gasteiger partial charge on any atom is 0.206 e. The van der Waals surface area contributed by atoms with Crippen LogP contribution in [0.3, 0.4) is 0 Å². The van der Waals surface area contributed by atoms with E-state index in [4.69, 9.17) is 28.4 Å². The van der Waals surface area contributed by atoms with E-state index >= 15 is 0 Å². The maximum atomic E-state index is 12.9. The van der Waals surface area contributed by atoms with Crippen molar-refractivity contribution in [3.8, 4) is 62.9 Å². The van der Waals surface area contributed by atoms with Crippen molar-refractivity contribution in [2.45, 2.75) is 79.2 Å². The second-order valence-corrected chi connectivity index (χ2v) is 31.2. The van der Waals surface area contributed by atoms with Crippen molar-refractivity contribution in [2.75, 3.05) is 21.3 Å². The van der Waals surface area contributed by atoms with Crippen molar-refractivity contribution in [3.05, 3.63) is 319 Å². The molecule has 18 heteroatoms. The molecule has 0 N–H and O–H groups in total. The standard InChI is InChI=1S/C29H28O4S.C26H22O6S2.C26H22O4S/c1-21-5-17-27(18-6-21)34(30,31)28-19-15-26(16-20-28)33-25-13-9-23(10-14-25)29(2,3)22-7-11-24(32-4)12-8-22;1-19-3-11-23(12-4-19)33(27,28)25-15-7-21(8-16-25)32-22-9-17-26(18-10-22)34(29,30)24-13-5-20(31-2)6-14-24;1-19-3-15-25(16-4-19)31(27,28)26-17-13-24(14-18-26)30-23-11-7-21(8-12-23)20-5-9-22(29-2)10-6-20/h5-20H,1-4H3;3-18H,1-2H3;3-18H,1-2H3. The van der Waals surface area contributed by atoms with Gasteiger partial charge in [-0.05, 0) is 249 Å². The molecule has 0 aliphatic heterocycles. The summed E-state index contributed by atoms with van der Waals surface area (Å²) in [5.74, 6) is 5.56. The molecule has 0 fully saturated rings. The van der Waals surface area contributed by atoms with Gasteiger partial charge in [0.2, 0.25) is 39.3 Å². The first-order valence-electron chi connectivity index (χ1n) is 31.1. The van der Waals surface area contributed by atoms with Crippen LogP contribution in [0.15, 0.2) is 330 Å². The fraction of sp³-hybridized carbons (Fsp3) is 0.111. The summed E-state index contributed by atoms with van der Waals surface area (Å²) >= 11 is 0. The highest BCUT2D eigenvalue weighted by atomic mass is 32.2. The molecule has 0 radical (unpaired) electrons. The third kappa shape index (κ3) is 17.3. The monoisotopic (exact) mass is 1400 g/mol. The van der Waals surface area contributed by atoms with E-state index in [-0.39, 0.29) is 44.6 Å². The summed E-state index contributed by atoms with van der Waals surface area (Å²) in [7, 11) is -9.60. The SMILES string of the molecule is COc1ccc(-c2ccc(Oc3ccc(S(=O)(=O)c4ccc(C)cc4)cc3)cc2)cc1.COc1ccc(C(C)(C)c2ccc(Oc3ccc(S(=O)(=O)c4ccc(C)cc4)cc3)cc2)cc1.COc1ccc(S(=O)(=O)c2ccc(Oc3ccc(S(=O)(=O)c4ccc(C)cc4)cc3)cc2)cc1. The minimum atomic E-state index is -3.68. The van der Waals surface area contributed by atoms with E-state index < -0.39 is 39.3 Å². The van der Waals surface area contributed by atoms with Gasteiger partial charge in [0.1, 0.15) is 51.7 Å². The number of hydrogen-bond donors (Lipinski definition) is 0. The molecular formula is C81H72O14S4. The molecule has 0 saturated heterocycles. The molecule has 12 aromatic carbocycles. The Kier molecular flexibility index (Phi) is 22.1. The fourth-order valence-corrected chi connectivity index (χ4v) is 15.3. The third-order valence-electron chi connectivity index (χ3n) is 16.3. The van der Waals surface area contributed by atoms with Crippen LogP contribution in [0, 0.1) is 20.8 Å². The molecule has 12 rings (SSSR count). The Hall–Kier alpha value is -10.8. The summed E-state index contributed by atoms with van der Waals surface area (Å²) in [6.07, 6.45) is 0. The Balaban J connectivity index is 0.000000161. The molecule has 0 spiro atoms. The molecule has 0 bridgehead atoms. The van der Waals surface area contributed by atoms with E-state index in [0.717, 1.165) is 44.9 Å². The average Bonchev–Trinajstić information content (AvgIpc) is 0.828. The van der Waals surface area contributed by atoms with Crippen LogP contribution < -0.4 is 28.4 Å². The Morgan fingerprint density at radius 3 is 0.566 bits per heavy atom. The summed E-state index contributed by atoms with van der Waals surface area (Å²) in [5, 5.41) is 0. The first kappa shape index (κ1) is 71.0. The smallest absolute Gasteiger partial charge is 0.206 e. The molecule has 0 unspecified atom stereocenters. The number of sulfone groups is 4. The second-order valence-electron chi connectivity index (χ2n) is 23.5. The lowest BCUT2D eigenvalue weighted by Gasteiger charge is -2.26. The Morgan fingerprint density at radius 2 is 0.364 bits per heavy atom. The number of ether oxygens (including phenoxy) is 6. The Labute approximate surface area is 580 Å². The lowest BCUT2D eigenvalue weighted by Crippen LogP contribution is -2.18. The van der Waals surface area contributed by atoms with E-state index in [9.17, 15) is 33.7 Å². The highest BCUT2D eigenvalue weighted by molar-refractivity contribution is 7.92. The second kappa shape index (κ2) is 30.8. The molecular weight excluding hydrogens is 1330 g/mol. The summed E-state index contributed by atoms with van der Waals surface area (Å²) in [4.78, 5) is 1.70. The lowest BCUT2D eigenvalue weighted by molar-refractivity contribution is 0.414.